The fourth-order valence-corrected chi connectivity index (χ4v) is 4.52. The van der Waals surface area contributed by atoms with Crippen molar-refractivity contribution in [1.29, 1.82) is 0 Å². The van der Waals surface area contributed by atoms with Gasteiger partial charge in [0.25, 0.3) is 0 Å². The molecule has 2 saturated heterocycles. The quantitative estimate of drug-likeness (QED) is 0.841. The first-order chi connectivity index (χ1) is 9.65. The van der Waals surface area contributed by atoms with Crippen LogP contribution in [-0.4, -0.2) is 59.1 Å². The maximum absolute atomic E-state index is 11.6. The van der Waals surface area contributed by atoms with Crippen LogP contribution in [0.2, 0.25) is 0 Å². The topological polar surface area (TPSA) is 43.8 Å². The molecule has 4 unspecified atom stereocenters. The molecular weight excluding hydrogens is 252 g/mol. The van der Waals surface area contributed by atoms with E-state index >= 15 is 0 Å². The first-order valence-electron chi connectivity index (χ1n) is 8.36. The van der Waals surface area contributed by atoms with Crippen LogP contribution in [0, 0.1) is 11.8 Å². The summed E-state index contributed by atoms with van der Waals surface area (Å²) in [5, 5.41) is 9.52. The lowest BCUT2D eigenvalue weighted by molar-refractivity contribution is -0.147. The number of carboxylic acids is 1. The first kappa shape index (κ1) is 14.3. The molecule has 20 heavy (non-hydrogen) atoms. The number of hydrogen-bond acceptors (Lipinski definition) is 3. The predicted octanol–water partition coefficient (Wildman–Crippen LogP) is 2.05. The van der Waals surface area contributed by atoms with Crippen LogP contribution >= 0.6 is 0 Å². The van der Waals surface area contributed by atoms with E-state index in [4.69, 9.17) is 0 Å². The van der Waals surface area contributed by atoms with Crippen molar-refractivity contribution in [3.63, 3.8) is 0 Å². The Hall–Kier alpha value is -0.610. The average molecular weight is 280 g/mol. The zero-order chi connectivity index (χ0) is 14.1. The molecule has 4 nitrogen and oxygen atoms in total. The van der Waals surface area contributed by atoms with Gasteiger partial charge in [0.2, 0.25) is 0 Å². The molecule has 4 atom stereocenters. The molecule has 1 aliphatic carbocycles. The second-order valence-electron chi connectivity index (χ2n) is 7.11. The zero-order valence-electron chi connectivity index (χ0n) is 12.6. The van der Waals surface area contributed by atoms with E-state index in [0.29, 0.717) is 12.0 Å². The molecule has 3 aliphatic rings. The third-order valence-corrected chi connectivity index (χ3v) is 5.73. The summed E-state index contributed by atoms with van der Waals surface area (Å²) >= 11 is 0. The molecule has 114 valence electrons. The molecule has 0 bridgehead atoms. The number of carbonyl (C=O) groups is 1. The highest BCUT2D eigenvalue weighted by Crippen LogP contribution is 2.34. The van der Waals surface area contributed by atoms with E-state index in [2.05, 4.69) is 16.7 Å². The summed E-state index contributed by atoms with van der Waals surface area (Å²) in [7, 11) is 0. The van der Waals surface area contributed by atoms with Crippen molar-refractivity contribution in [1.82, 2.24) is 9.80 Å². The largest absolute Gasteiger partial charge is 0.481 e. The van der Waals surface area contributed by atoms with Gasteiger partial charge in [-0.15, -0.1) is 0 Å². The van der Waals surface area contributed by atoms with Gasteiger partial charge in [0.05, 0.1) is 5.92 Å². The van der Waals surface area contributed by atoms with Gasteiger partial charge >= 0.3 is 5.97 Å². The third kappa shape index (κ3) is 2.86. The van der Waals surface area contributed by atoms with E-state index in [0.717, 1.165) is 38.9 Å². The molecule has 1 N–H and O–H groups in total. The second kappa shape index (κ2) is 6.02. The van der Waals surface area contributed by atoms with Crippen molar-refractivity contribution in [2.24, 2.45) is 11.8 Å². The Morgan fingerprint density at radius 3 is 2.65 bits per heavy atom. The molecule has 4 heteroatoms. The number of piperidine rings is 1. The predicted molar refractivity (Wildman–Crippen MR) is 78.7 cm³/mol. The molecule has 1 saturated carbocycles. The molecular formula is C16H28N2O2. The standard InChI is InChI=1S/C16H28N2O2/c1-12-5-6-14(16(19)20)15(10-12)18-9-8-17-7-3-2-4-13(17)11-18/h12-15H,2-11H2,1H3,(H,19,20). The normalized spacial score (nSPS) is 40.2. The van der Waals surface area contributed by atoms with Crippen LogP contribution in [-0.2, 0) is 4.79 Å². The Morgan fingerprint density at radius 1 is 1.05 bits per heavy atom. The molecule has 3 rings (SSSR count). The highest BCUT2D eigenvalue weighted by Gasteiger charge is 2.40. The summed E-state index contributed by atoms with van der Waals surface area (Å²) in [5.74, 6) is -0.0331. The highest BCUT2D eigenvalue weighted by molar-refractivity contribution is 5.71. The van der Waals surface area contributed by atoms with Crippen LogP contribution in [0.15, 0.2) is 0 Å². The van der Waals surface area contributed by atoms with Crippen molar-refractivity contribution in [2.75, 3.05) is 26.2 Å². The van der Waals surface area contributed by atoms with Crippen LogP contribution in [0.4, 0.5) is 0 Å². The summed E-state index contributed by atoms with van der Waals surface area (Å²) in [6, 6.07) is 0.963. The number of rotatable bonds is 2. The summed E-state index contributed by atoms with van der Waals surface area (Å²) in [4.78, 5) is 16.7. The van der Waals surface area contributed by atoms with Crippen molar-refractivity contribution in [3.8, 4) is 0 Å². The second-order valence-corrected chi connectivity index (χ2v) is 7.11. The Morgan fingerprint density at radius 2 is 1.85 bits per heavy atom. The fourth-order valence-electron chi connectivity index (χ4n) is 4.52. The lowest BCUT2D eigenvalue weighted by Crippen LogP contribution is -2.59. The molecule has 2 aliphatic heterocycles. The third-order valence-electron chi connectivity index (χ3n) is 5.73. The maximum Gasteiger partial charge on any atom is 0.308 e. The number of fused-ring (bicyclic) bond motifs is 1. The molecule has 0 spiro atoms. The summed E-state index contributed by atoms with van der Waals surface area (Å²) in [6.07, 6.45) is 7.01. The Bertz CT molecular complexity index is 360. The van der Waals surface area contributed by atoms with E-state index in [9.17, 15) is 9.90 Å². The maximum atomic E-state index is 11.6. The van der Waals surface area contributed by atoms with Crippen LogP contribution in [0.5, 0.6) is 0 Å². The molecule has 3 fully saturated rings. The number of piperazine rings is 1. The van der Waals surface area contributed by atoms with Gasteiger partial charge < -0.3 is 5.11 Å². The van der Waals surface area contributed by atoms with Crippen LogP contribution in [0.25, 0.3) is 0 Å². The Labute approximate surface area is 122 Å². The SMILES string of the molecule is CC1CCC(C(=O)O)C(N2CCN3CCCCC3C2)C1. The van der Waals surface area contributed by atoms with Crippen molar-refractivity contribution in [3.05, 3.63) is 0 Å². The van der Waals surface area contributed by atoms with Gasteiger partial charge in [-0.05, 0) is 44.6 Å². The van der Waals surface area contributed by atoms with E-state index < -0.39 is 5.97 Å². The van der Waals surface area contributed by atoms with Gasteiger partial charge in [0.1, 0.15) is 0 Å². The first-order valence-corrected chi connectivity index (χ1v) is 8.36. The van der Waals surface area contributed by atoms with Crippen molar-refractivity contribution in [2.45, 2.75) is 57.5 Å². The van der Waals surface area contributed by atoms with Crippen LogP contribution in [0.3, 0.4) is 0 Å². The lowest BCUT2D eigenvalue weighted by atomic mass is 9.77. The van der Waals surface area contributed by atoms with Gasteiger partial charge in [0.15, 0.2) is 0 Å². The smallest absolute Gasteiger partial charge is 0.308 e. The molecule has 0 aromatic carbocycles. The minimum Gasteiger partial charge on any atom is -0.481 e. The Balaban J connectivity index is 1.68. The zero-order valence-corrected chi connectivity index (χ0v) is 12.6. The molecule has 0 aromatic heterocycles. The summed E-state index contributed by atoms with van der Waals surface area (Å²) in [5.41, 5.74) is 0. The average Bonchev–Trinajstić information content (AvgIpc) is 2.46. The lowest BCUT2D eigenvalue weighted by Gasteiger charge is -2.49. The van der Waals surface area contributed by atoms with Crippen LogP contribution < -0.4 is 0 Å². The number of carboxylic acid groups (broad SMARTS) is 1. The number of aliphatic carboxylic acids is 1. The summed E-state index contributed by atoms with van der Waals surface area (Å²) in [6.45, 7) is 6.84. The van der Waals surface area contributed by atoms with Gasteiger partial charge in [-0.3, -0.25) is 14.6 Å². The molecule has 0 aromatic rings. The monoisotopic (exact) mass is 280 g/mol. The molecule has 0 amide bonds. The van der Waals surface area contributed by atoms with Crippen LogP contribution in [0.1, 0.15) is 45.4 Å². The highest BCUT2D eigenvalue weighted by atomic mass is 16.4. The van der Waals surface area contributed by atoms with Gasteiger partial charge in [0, 0.05) is 31.7 Å². The van der Waals surface area contributed by atoms with Gasteiger partial charge in [-0.1, -0.05) is 13.3 Å². The van der Waals surface area contributed by atoms with Crippen molar-refractivity contribution >= 4 is 5.97 Å². The fraction of sp³-hybridized carbons (Fsp3) is 0.938. The van der Waals surface area contributed by atoms with Crippen molar-refractivity contribution < 1.29 is 9.90 Å². The Kier molecular flexibility index (Phi) is 4.32. The number of hydrogen-bond donors (Lipinski definition) is 1. The number of nitrogens with zero attached hydrogens (tertiary/aromatic N) is 2. The van der Waals surface area contributed by atoms with E-state index in [1.165, 1.54) is 25.8 Å². The van der Waals surface area contributed by atoms with E-state index in [1.807, 2.05) is 0 Å². The minimum atomic E-state index is -0.576. The summed E-state index contributed by atoms with van der Waals surface area (Å²) < 4.78 is 0. The van der Waals surface area contributed by atoms with Gasteiger partial charge in [-0.25, -0.2) is 0 Å². The molecule has 2 heterocycles. The van der Waals surface area contributed by atoms with Gasteiger partial charge in [-0.2, -0.15) is 0 Å². The van der Waals surface area contributed by atoms with E-state index in [1.54, 1.807) is 0 Å². The molecule has 0 radical (unpaired) electrons. The minimum absolute atomic E-state index is 0.138. The van der Waals surface area contributed by atoms with E-state index in [-0.39, 0.29) is 12.0 Å².